The molecule has 1 rings (SSSR count). The molecule has 0 aromatic heterocycles. The summed E-state index contributed by atoms with van der Waals surface area (Å²) in [5, 5.41) is 15.3. The maximum Gasteiger partial charge on any atom is 0.234 e. The van der Waals surface area contributed by atoms with Crippen LogP contribution in [0.25, 0.3) is 0 Å². The average molecular weight is 257 g/mol. The molecule has 18 heavy (non-hydrogen) atoms. The van der Waals surface area contributed by atoms with E-state index in [1.54, 1.807) is 6.92 Å². The lowest BCUT2D eigenvalue weighted by molar-refractivity contribution is -0.124. The molecule has 0 saturated carbocycles. The van der Waals surface area contributed by atoms with Crippen molar-refractivity contribution in [1.29, 1.82) is 0 Å². The number of carbonyl (C=O) groups excluding carboxylic acids is 2. The fourth-order valence-electron chi connectivity index (χ4n) is 2.16. The Balaban J connectivity index is 2.17. The first-order chi connectivity index (χ1) is 8.39. The van der Waals surface area contributed by atoms with E-state index in [2.05, 4.69) is 10.6 Å². The number of amides is 2. The lowest BCUT2D eigenvalue weighted by Gasteiger charge is -2.36. The van der Waals surface area contributed by atoms with E-state index in [0.717, 1.165) is 19.4 Å². The van der Waals surface area contributed by atoms with Crippen LogP contribution in [0.15, 0.2) is 0 Å². The van der Waals surface area contributed by atoms with E-state index in [1.807, 2.05) is 4.90 Å². The highest BCUT2D eigenvalue weighted by Gasteiger charge is 2.28. The average Bonchev–Trinajstić information content (AvgIpc) is 2.22. The Morgan fingerprint density at radius 2 is 2.00 bits per heavy atom. The highest BCUT2D eigenvalue weighted by molar-refractivity contribution is 5.78. The zero-order chi connectivity index (χ0) is 13.6. The van der Waals surface area contributed by atoms with Gasteiger partial charge in [0, 0.05) is 26.6 Å². The predicted octanol–water partition coefficient (Wildman–Crippen LogP) is -0.914. The number of carbonyl (C=O) groups is 2. The van der Waals surface area contributed by atoms with Crippen LogP contribution in [0.1, 0.15) is 26.7 Å². The van der Waals surface area contributed by atoms with Crippen LogP contribution in [0.5, 0.6) is 0 Å². The number of aliphatic hydroxyl groups is 1. The van der Waals surface area contributed by atoms with Gasteiger partial charge in [0.2, 0.25) is 11.8 Å². The summed E-state index contributed by atoms with van der Waals surface area (Å²) in [7, 11) is 0. The van der Waals surface area contributed by atoms with Crippen molar-refractivity contribution >= 4 is 11.8 Å². The molecule has 0 aliphatic carbocycles. The Kier molecular flexibility index (Phi) is 5.55. The SMILES string of the molecule is CC(=O)NCCNC(=O)CN1CCCC(C)(O)C1. The van der Waals surface area contributed by atoms with E-state index in [0.29, 0.717) is 26.2 Å². The third-order valence-corrected chi connectivity index (χ3v) is 2.94. The van der Waals surface area contributed by atoms with Crippen LogP contribution in [0.4, 0.5) is 0 Å². The van der Waals surface area contributed by atoms with Gasteiger partial charge in [-0.15, -0.1) is 0 Å². The van der Waals surface area contributed by atoms with Crippen molar-refractivity contribution in [3.63, 3.8) is 0 Å². The van der Waals surface area contributed by atoms with Gasteiger partial charge in [0.15, 0.2) is 0 Å². The molecule has 2 amide bonds. The lowest BCUT2D eigenvalue weighted by atomic mass is 9.95. The summed E-state index contributed by atoms with van der Waals surface area (Å²) >= 11 is 0. The minimum absolute atomic E-state index is 0.0712. The molecule has 104 valence electrons. The smallest absolute Gasteiger partial charge is 0.234 e. The fourth-order valence-corrected chi connectivity index (χ4v) is 2.16. The zero-order valence-corrected chi connectivity index (χ0v) is 11.2. The topological polar surface area (TPSA) is 81.7 Å². The second kappa shape index (κ2) is 6.70. The molecule has 1 heterocycles. The Morgan fingerprint density at radius 3 is 2.61 bits per heavy atom. The van der Waals surface area contributed by atoms with Gasteiger partial charge in [0.25, 0.3) is 0 Å². The summed E-state index contributed by atoms with van der Waals surface area (Å²) in [6.45, 7) is 5.80. The van der Waals surface area contributed by atoms with E-state index in [-0.39, 0.29) is 11.8 Å². The van der Waals surface area contributed by atoms with Crippen molar-refractivity contribution in [3.05, 3.63) is 0 Å². The Labute approximate surface area is 108 Å². The molecule has 1 saturated heterocycles. The second-order valence-electron chi connectivity index (χ2n) is 5.14. The fraction of sp³-hybridized carbons (Fsp3) is 0.833. The van der Waals surface area contributed by atoms with Gasteiger partial charge in [-0.2, -0.15) is 0 Å². The molecule has 0 radical (unpaired) electrons. The van der Waals surface area contributed by atoms with Crippen molar-refractivity contribution in [2.45, 2.75) is 32.3 Å². The molecule has 0 bridgehead atoms. The number of rotatable bonds is 5. The Bertz CT molecular complexity index is 305. The van der Waals surface area contributed by atoms with Gasteiger partial charge >= 0.3 is 0 Å². The summed E-state index contributed by atoms with van der Waals surface area (Å²) in [6.07, 6.45) is 1.69. The molecule has 1 aliphatic rings. The van der Waals surface area contributed by atoms with E-state index < -0.39 is 5.60 Å². The largest absolute Gasteiger partial charge is 0.389 e. The van der Waals surface area contributed by atoms with Crippen LogP contribution in [0, 0.1) is 0 Å². The first kappa shape index (κ1) is 14.9. The molecule has 1 unspecified atom stereocenters. The lowest BCUT2D eigenvalue weighted by Crippen LogP contribution is -2.49. The highest BCUT2D eigenvalue weighted by atomic mass is 16.3. The molecule has 0 aromatic rings. The predicted molar refractivity (Wildman–Crippen MR) is 68.0 cm³/mol. The second-order valence-corrected chi connectivity index (χ2v) is 5.14. The molecule has 0 aromatic carbocycles. The van der Waals surface area contributed by atoms with Crippen LogP contribution in [-0.4, -0.2) is 60.1 Å². The summed E-state index contributed by atoms with van der Waals surface area (Å²) in [4.78, 5) is 24.2. The number of piperidine rings is 1. The standard InChI is InChI=1S/C12H23N3O3/c1-10(16)13-5-6-14-11(17)8-15-7-3-4-12(2,18)9-15/h18H,3-9H2,1-2H3,(H,13,16)(H,14,17). The summed E-state index contributed by atoms with van der Waals surface area (Å²) < 4.78 is 0. The number of nitrogens with zero attached hydrogens (tertiary/aromatic N) is 1. The maximum atomic E-state index is 11.6. The van der Waals surface area contributed by atoms with Crippen molar-refractivity contribution in [3.8, 4) is 0 Å². The van der Waals surface area contributed by atoms with Gasteiger partial charge in [-0.05, 0) is 26.3 Å². The van der Waals surface area contributed by atoms with E-state index in [9.17, 15) is 14.7 Å². The molecular weight excluding hydrogens is 234 g/mol. The van der Waals surface area contributed by atoms with Crippen LogP contribution in [-0.2, 0) is 9.59 Å². The minimum atomic E-state index is -0.686. The van der Waals surface area contributed by atoms with Gasteiger partial charge in [0.05, 0.1) is 12.1 Å². The summed E-state index contributed by atoms with van der Waals surface area (Å²) in [6, 6.07) is 0. The first-order valence-corrected chi connectivity index (χ1v) is 6.35. The van der Waals surface area contributed by atoms with E-state index in [1.165, 1.54) is 6.92 Å². The Hall–Kier alpha value is -1.14. The van der Waals surface area contributed by atoms with Crippen LogP contribution in [0.2, 0.25) is 0 Å². The molecule has 1 aliphatic heterocycles. The number of β-amino-alcohol motifs (C(OH)–C–C–N with tert-alkyl or cyclic N) is 1. The van der Waals surface area contributed by atoms with Crippen LogP contribution < -0.4 is 10.6 Å². The molecule has 1 fully saturated rings. The highest BCUT2D eigenvalue weighted by Crippen LogP contribution is 2.19. The van der Waals surface area contributed by atoms with Gasteiger partial charge in [-0.3, -0.25) is 14.5 Å². The number of hydrogen-bond acceptors (Lipinski definition) is 4. The normalized spacial score (nSPS) is 24.6. The summed E-state index contributed by atoms with van der Waals surface area (Å²) in [5.74, 6) is -0.172. The molecule has 3 N–H and O–H groups in total. The number of nitrogens with one attached hydrogen (secondary N) is 2. The third-order valence-electron chi connectivity index (χ3n) is 2.94. The molecular formula is C12H23N3O3. The van der Waals surface area contributed by atoms with Gasteiger partial charge in [0.1, 0.15) is 0 Å². The van der Waals surface area contributed by atoms with Gasteiger partial charge < -0.3 is 15.7 Å². The first-order valence-electron chi connectivity index (χ1n) is 6.35. The van der Waals surface area contributed by atoms with E-state index >= 15 is 0 Å². The van der Waals surface area contributed by atoms with E-state index in [4.69, 9.17) is 0 Å². The maximum absolute atomic E-state index is 11.6. The molecule has 1 atom stereocenters. The van der Waals surface area contributed by atoms with Crippen molar-refractivity contribution in [2.24, 2.45) is 0 Å². The summed E-state index contributed by atoms with van der Waals surface area (Å²) in [5.41, 5.74) is -0.686. The third kappa shape index (κ3) is 5.97. The quantitative estimate of drug-likeness (QED) is 0.557. The van der Waals surface area contributed by atoms with Crippen LogP contribution in [0.3, 0.4) is 0 Å². The number of hydrogen-bond donors (Lipinski definition) is 3. The minimum Gasteiger partial charge on any atom is -0.389 e. The zero-order valence-electron chi connectivity index (χ0n) is 11.2. The van der Waals surface area contributed by atoms with Crippen molar-refractivity contribution in [1.82, 2.24) is 15.5 Å². The molecule has 6 nitrogen and oxygen atoms in total. The van der Waals surface area contributed by atoms with Crippen LogP contribution >= 0.6 is 0 Å². The van der Waals surface area contributed by atoms with Gasteiger partial charge in [-0.1, -0.05) is 0 Å². The van der Waals surface area contributed by atoms with Gasteiger partial charge in [-0.25, -0.2) is 0 Å². The number of likely N-dealkylation sites (tertiary alicyclic amines) is 1. The monoisotopic (exact) mass is 257 g/mol. The molecule has 6 heteroatoms. The molecule has 0 spiro atoms. The Morgan fingerprint density at radius 1 is 1.33 bits per heavy atom. The van der Waals surface area contributed by atoms with Crippen molar-refractivity contribution < 1.29 is 14.7 Å². The van der Waals surface area contributed by atoms with Crippen molar-refractivity contribution in [2.75, 3.05) is 32.7 Å².